The predicted molar refractivity (Wildman–Crippen MR) is 67.3 cm³/mol. The molecule has 1 aliphatic heterocycles. The van der Waals surface area contributed by atoms with Gasteiger partial charge in [0.25, 0.3) is 0 Å². The average molecular weight is 275 g/mol. The summed E-state index contributed by atoms with van der Waals surface area (Å²) in [5.41, 5.74) is 0. The minimum absolute atomic E-state index is 0.144. The first-order valence-corrected chi connectivity index (χ1v) is 7.17. The summed E-state index contributed by atoms with van der Waals surface area (Å²) in [5.74, 6) is -2.23. The summed E-state index contributed by atoms with van der Waals surface area (Å²) in [7, 11) is 1.62. The SMILES string of the molecule is CN1CCOCC1(F)C(=O)CSc1cccs1. The van der Waals surface area contributed by atoms with Crippen molar-refractivity contribution in [2.45, 2.75) is 10.0 Å². The second-order valence-corrected chi connectivity index (χ2v) is 6.10. The third kappa shape index (κ3) is 2.88. The van der Waals surface area contributed by atoms with E-state index in [-0.39, 0.29) is 12.4 Å². The van der Waals surface area contributed by atoms with Gasteiger partial charge in [-0.2, -0.15) is 0 Å². The molecule has 0 amide bonds. The van der Waals surface area contributed by atoms with Crippen molar-refractivity contribution in [3.8, 4) is 0 Å². The molecule has 17 heavy (non-hydrogen) atoms. The number of carbonyl (C=O) groups excluding carboxylic acids is 1. The van der Waals surface area contributed by atoms with Crippen molar-refractivity contribution < 1.29 is 13.9 Å². The van der Waals surface area contributed by atoms with Gasteiger partial charge < -0.3 is 4.74 Å². The fourth-order valence-electron chi connectivity index (χ4n) is 1.58. The van der Waals surface area contributed by atoms with Crippen LogP contribution in [0.15, 0.2) is 21.7 Å². The molecule has 1 aromatic heterocycles. The molecular weight excluding hydrogens is 261 g/mol. The first-order chi connectivity index (χ1) is 8.13. The number of hydrogen-bond donors (Lipinski definition) is 0. The number of hydrogen-bond acceptors (Lipinski definition) is 5. The van der Waals surface area contributed by atoms with Crippen LogP contribution in [0.1, 0.15) is 0 Å². The molecule has 0 radical (unpaired) electrons. The van der Waals surface area contributed by atoms with Crippen molar-refractivity contribution in [3.05, 3.63) is 17.5 Å². The van der Waals surface area contributed by atoms with Gasteiger partial charge in [0.1, 0.15) is 6.61 Å². The number of Topliss-reactive ketones (excluding diaryl/α,β-unsaturated/α-hetero) is 1. The van der Waals surface area contributed by atoms with Gasteiger partial charge in [-0.15, -0.1) is 23.1 Å². The Labute approximate surface area is 108 Å². The van der Waals surface area contributed by atoms with Crippen molar-refractivity contribution in [2.75, 3.05) is 32.6 Å². The van der Waals surface area contributed by atoms with E-state index in [9.17, 15) is 9.18 Å². The number of likely N-dealkylation sites (N-methyl/N-ethyl adjacent to an activating group) is 1. The Morgan fingerprint density at radius 1 is 1.76 bits per heavy atom. The third-order valence-corrected chi connectivity index (χ3v) is 4.87. The summed E-state index contributed by atoms with van der Waals surface area (Å²) in [4.78, 5) is 13.4. The van der Waals surface area contributed by atoms with Crippen molar-refractivity contribution in [2.24, 2.45) is 0 Å². The van der Waals surface area contributed by atoms with E-state index >= 15 is 0 Å². The van der Waals surface area contributed by atoms with Gasteiger partial charge in [-0.05, 0) is 18.5 Å². The van der Waals surface area contributed by atoms with Crippen molar-refractivity contribution in [1.29, 1.82) is 0 Å². The van der Waals surface area contributed by atoms with E-state index in [0.717, 1.165) is 4.21 Å². The number of nitrogens with zero attached hydrogens (tertiary/aromatic N) is 1. The third-order valence-electron chi connectivity index (χ3n) is 2.74. The van der Waals surface area contributed by atoms with Gasteiger partial charge >= 0.3 is 0 Å². The second kappa shape index (κ2) is 5.48. The highest BCUT2D eigenvalue weighted by molar-refractivity contribution is 8.01. The number of ketones is 1. The normalized spacial score (nSPS) is 26.0. The minimum atomic E-state index is -1.96. The lowest BCUT2D eigenvalue weighted by Crippen LogP contribution is -2.57. The average Bonchev–Trinajstić information content (AvgIpc) is 2.83. The van der Waals surface area contributed by atoms with E-state index in [1.807, 2.05) is 17.5 Å². The van der Waals surface area contributed by atoms with Crippen LogP contribution in [-0.4, -0.2) is 49.0 Å². The molecule has 0 N–H and O–H groups in total. The summed E-state index contributed by atoms with van der Waals surface area (Å²) in [6.45, 7) is 0.771. The molecule has 1 atom stereocenters. The molecule has 1 unspecified atom stereocenters. The minimum Gasteiger partial charge on any atom is -0.375 e. The Balaban J connectivity index is 1.94. The largest absolute Gasteiger partial charge is 0.375 e. The number of halogens is 1. The van der Waals surface area contributed by atoms with Gasteiger partial charge in [-0.1, -0.05) is 6.07 Å². The zero-order chi connectivity index (χ0) is 12.3. The van der Waals surface area contributed by atoms with Gasteiger partial charge in [-0.3, -0.25) is 9.69 Å². The number of ether oxygens (including phenoxy) is 1. The number of morpholine rings is 1. The van der Waals surface area contributed by atoms with Crippen LogP contribution in [0.4, 0.5) is 4.39 Å². The molecule has 94 valence electrons. The molecule has 1 aliphatic rings. The highest BCUT2D eigenvalue weighted by Crippen LogP contribution is 2.28. The molecule has 2 rings (SSSR count). The van der Waals surface area contributed by atoms with Crippen LogP contribution in [0.25, 0.3) is 0 Å². The molecule has 0 spiro atoms. The number of alkyl halides is 1. The van der Waals surface area contributed by atoms with Crippen LogP contribution in [0, 0.1) is 0 Å². The van der Waals surface area contributed by atoms with Crippen LogP contribution < -0.4 is 0 Å². The maximum absolute atomic E-state index is 14.4. The Hall–Kier alpha value is -0.430. The van der Waals surface area contributed by atoms with Crippen molar-refractivity contribution in [3.63, 3.8) is 0 Å². The summed E-state index contributed by atoms with van der Waals surface area (Å²) in [6.07, 6.45) is 0. The highest BCUT2D eigenvalue weighted by Gasteiger charge is 2.44. The number of thiophene rings is 1. The van der Waals surface area contributed by atoms with E-state index in [2.05, 4.69) is 0 Å². The molecular formula is C11H14FNO2S2. The smallest absolute Gasteiger partial charge is 0.246 e. The van der Waals surface area contributed by atoms with Gasteiger partial charge in [0, 0.05) is 6.54 Å². The van der Waals surface area contributed by atoms with Crippen LogP contribution in [-0.2, 0) is 9.53 Å². The highest BCUT2D eigenvalue weighted by atomic mass is 32.2. The molecule has 0 aromatic carbocycles. The zero-order valence-electron chi connectivity index (χ0n) is 9.52. The zero-order valence-corrected chi connectivity index (χ0v) is 11.2. The first-order valence-electron chi connectivity index (χ1n) is 5.30. The van der Waals surface area contributed by atoms with Gasteiger partial charge in [0.2, 0.25) is 5.79 Å². The number of thioether (sulfide) groups is 1. The Morgan fingerprint density at radius 2 is 2.59 bits per heavy atom. The summed E-state index contributed by atoms with van der Waals surface area (Å²) in [6, 6.07) is 3.84. The van der Waals surface area contributed by atoms with Gasteiger partial charge in [-0.25, -0.2) is 4.39 Å². The Kier molecular flexibility index (Phi) is 4.19. The molecule has 3 nitrogen and oxygen atoms in total. The molecule has 2 heterocycles. The molecule has 6 heteroatoms. The van der Waals surface area contributed by atoms with E-state index in [4.69, 9.17) is 4.74 Å². The molecule has 0 aliphatic carbocycles. The fraction of sp³-hybridized carbons (Fsp3) is 0.545. The van der Waals surface area contributed by atoms with E-state index in [1.165, 1.54) is 16.7 Å². The molecule has 1 saturated heterocycles. The predicted octanol–water partition coefficient (Wildman–Crippen LogP) is 2.04. The lowest BCUT2D eigenvalue weighted by atomic mass is 10.1. The van der Waals surface area contributed by atoms with Crippen LogP contribution in [0.2, 0.25) is 0 Å². The molecule has 1 aromatic rings. The molecule has 0 bridgehead atoms. The van der Waals surface area contributed by atoms with Crippen LogP contribution in [0.3, 0.4) is 0 Å². The lowest BCUT2D eigenvalue weighted by Gasteiger charge is -2.36. The number of carbonyl (C=O) groups is 1. The van der Waals surface area contributed by atoms with E-state index < -0.39 is 11.6 Å². The standard InChI is InChI=1S/C11H14FNO2S2/c1-13-4-5-15-8-11(13,12)9(14)7-17-10-3-2-6-16-10/h2-3,6H,4-5,7-8H2,1H3. The van der Waals surface area contributed by atoms with Gasteiger partial charge in [0.15, 0.2) is 5.78 Å². The first kappa shape index (κ1) is 13.0. The van der Waals surface area contributed by atoms with Crippen LogP contribution in [0.5, 0.6) is 0 Å². The summed E-state index contributed by atoms with van der Waals surface area (Å²) in [5, 5.41) is 1.94. The maximum atomic E-state index is 14.4. The Bertz CT molecular complexity index is 385. The second-order valence-electron chi connectivity index (χ2n) is 3.88. The lowest BCUT2D eigenvalue weighted by molar-refractivity contribution is -0.162. The molecule has 1 fully saturated rings. The quantitative estimate of drug-likeness (QED) is 0.621. The van der Waals surface area contributed by atoms with E-state index in [0.29, 0.717) is 13.2 Å². The Morgan fingerprint density at radius 3 is 3.24 bits per heavy atom. The molecule has 0 saturated carbocycles. The van der Waals surface area contributed by atoms with Crippen molar-refractivity contribution >= 4 is 28.9 Å². The fourth-order valence-corrected chi connectivity index (χ4v) is 3.32. The van der Waals surface area contributed by atoms with Crippen molar-refractivity contribution in [1.82, 2.24) is 4.90 Å². The maximum Gasteiger partial charge on any atom is 0.246 e. The van der Waals surface area contributed by atoms with Crippen LogP contribution >= 0.6 is 23.1 Å². The summed E-state index contributed by atoms with van der Waals surface area (Å²) >= 11 is 2.93. The van der Waals surface area contributed by atoms with Gasteiger partial charge in [0.05, 0.1) is 16.6 Å². The van der Waals surface area contributed by atoms with E-state index in [1.54, 1.807) is 18.4 Å². The summed E-state index contributed by atoms with van der Waals surface area (Å²) < 4.78 is 20.5. The number of rotatable bonds is 4. The topological polar surface area (TPSA) is 29.5 Å². The monoisotopic (exact) mass is 275 g/mol.